The number of anilines is 1. The number of aromatic amines is 1. The quantitative estimate of drug-likeness (QED) is 0.884. The molecule has 100 valence electrons. The van der Waals surface area contributed by atoms with Crippen LogP contribution in [-0.2, 0) is 0 Å². The first-order valence-electron chi connectivity index (χ1n) is 6.77. The van der Waals surface area contributed by atoms with Gasteiger partial charge in [0.25, 0.3) is 0 Å². The summed E-state index contributed by atoms with van der Waals surface area (Å²) in [6.45, 7) is 2.87. The maximum absolute atomic E-state index is 5.97. The minimum atomic E-state index is 0.501. The summed E-state index contributed by atoms with van der Waals surface area (Å²) in [6, 6.07) is 8.04. The van der Waals surface area contributed by atoms with Gasteiger partial charge in [-0.2, -0.15) is 5.10 Å². The van der Waals surface area contributed by atoms with E-state index < -0.39 is 0 Å². The molecule has 0 aliphatic heterocycles. The Hall–Kier alpha value is -1.97. The lowest BCUT2D eigenvalue weighted by Crippen LogP contribution is -2.19. The van der Waals surface area contributed by atoms with E-state index in [4.69, 9.17) is 10.5 Å². The summed E-state index contributed by atoms with van der Waals surface area (Å²) < 4.78 is 5.97. The van der Waals surface area contributed by atoms with Crippen molar-refractivity contribution in [2.75, 3.05) is 12.3 Å². The van der Waals surface area contributed by atoms with Crippen molar-refractivity contribution in [1.29, 1.82) is 0 Å². The van der Waals surface area contributed by atoms with Crippen LogP contribution in [0.4, 0.5) is 5.82 Å². The van der Waals surface area contributed by atoms with E-state index in [1.165, 1.54) is 24.8 Å². The summed E-state index contributed by atoms with van der Waals surface area (Å²) >= 11 is 0. The normalized spacial score (nSPS) is 15.2. The highest BCUT2D eigenvalue weighted by Crippen LogP contribution is 2.33. The number of nitrogens with zero attached hydrogens (tertiary/aromatic N) is 1. The van der Waals surface area contributed by atoms with Gasteiger partial charge in [-0.15, -0.1) is 0 Å². The number of benzene rings is 1. The van der Waals surface area contributed by atoms with Gasteiger partial charge in [0.2, 0.25) is 0 Å². The van der Waals surface area contributed by atoms with E-state index in [2.05, 4.69) is 29.3 Å². The van der Waals surface area contributed by atoms with E-state index in [0.29, 0.717) is 5.82 Å². The smallest absolute Gasteiger partial charge is 0.145 e. The molecule has 0 unspecified atom stereocenters. The molecule has 0 amide bonds. The van der Waals surface area contributed by atoms with E-state index in [1.807, 2.05) is 12.1 Å². The summed E-state index contributed by atoms with van der Waals surface area (Å²) in [5.41, 5.74) is 8.81. The summed E-state index contributed by atoms with van der Waals surface area (Å²) in [7, 11) is 0. The Balaban J connectivity index is 1.85. The molecule has 4 heteroatoms. The molecule has 0 saturated heterocycles. The van der Waals surface area contributed by atoms with Gasteiger partial charge >= 0.3 is 0 Å². The van der Waals surface area contributed by atoms with Crippen molar-refractivity contribution >= 4 is 5.82 Å². The number of hydrogen-bond donors (Lipinski definition) is 2. The minimum Gasteiger partial charge on any atom is -0.493 e. The van der Waals surface area contributed by atoms with Gasteiger partial charge in [0, 0.05) is 11.6 Å². The highest BCUT2D eigenvalue weighted by Gasteiger charge is 2.19. The third-order valence-corrected chi connectivity index (χ3v) is 3.72. The molecule has 1 aliphatic carbocycles. The van der Waals surface area contributed by atoms with E-state index >= 15 is 0 Å². The van der Waals surface area contributed by atoms with Crippen molar-refractivity contribution < 1.29 is 4.74 Å². The summed E-state index contributed by atoms with van der Waals surface area (Å²) in [5, 5.41) is 6.93. The zero-order valence-electron chi connectivity index (χ0n) is 11.1. The molecular formula is C15H19N3O. The molecule has 1 fully saturated rings. The molecular weight excluding hydrogens is 238 g/mol. The molecule has 0 radical (unpaired) electrons. The third kappa shape index (κ3) is 2.57. The zero-order chi connectivity index (χ0) is 13.2. The molecule has 19 heavy (non-hydrogen) atoms. The third-order valence-electron chi connectivity index (χ3n) is 3.72. The SMILES string of the molecule is Cc1ccc(OCC2CCC2)c(-c2cc(N)n[nH]2)c1. The number of H-pyrrole nitrogens is 1. The maximum Gasteiger partial charge on any atom is 0.145 e. The van der Waals surface area contributed by atoms with Gasteiger partial charge in [0.15, 0.2) is 0 Å². The second-order valence-electron chi connectivity index (χ2n) is 5.31. The van der Waals surface area contributed by atoms with Crippen LogP contribution in [0.25, 0.3) is 11.3 Å². The Kier molecular flexibility index (Phi) is 3.15. The molecule has 0 atom stereocenters. The fourth-order valence-electron chi connectivity index (χ4n) is 2.32. The van der Waals surface area contributed by atoms with Crippen LogP contribution < -0.4 is 10.5 Å². The van der Waals surface area contributed by atoms with Crippen LogP contribution in [0.3, 0.4) is 0 Å². The number of rotatable bonds is 4. The van der Waals surface area contributed by atoms with Gasteiger partial charge in [0.05, 0.1) is 12.3 Å². The summed E-state index contributed by atoms with van der Waals surface area (Å²) in [4.78, 5) is 0. The lowest BCUT2D eigenvalue weighted by atomic mass is 9.86. The zero-order valence-corrected chi connectivity index (χ0v) is 11.1. The van der Waals surface area contributed by atoms with Crippen molar-refractivity contribution in [3.05, 3.63) is 29.8 Å². The average Bonchev–Trinajstić information content (AvgIpc) is 2.75. The highest BCUT2D eigenvalue weighted by molar-refractivity contribution is 5.69. The Morgan fingerprint density at radius 3 is 2.84 bits per heavy atom. The Morgan fingerprint density at radius 1 is 1.37 bits per heavy atom. The van der Waals surface area contributed by atoms with Gasteiger partial charge in [-0.1, -0.05) is 18.1 Å². The fraction of sp³-hybridized carbons (Fsp3) is 0.400. The first-order chi connectivity index (χ1) is 9.22. The fourth-order valence-corrected chi connectivity index (χ4v) is 2.32. The van der Waals surface area contributed by atoms with Gasteiger partial charge in [-0.25, -0.2) is 0 Å². The van der Waals surface area contributed by atoms with Crippen LogP contribution in [0.2, 0.25) is 0 Å². The molecule has 1 aromatic heterocycles. The summed E-state index contributed by atoms with van der Waals surface area (Å²) in [6.07, 6.45) is 3.92. The largest absolute Gasteiger partial charge is 0.493 e. The van der Waals surface area contributed by atoms with Gasteiger partial charge < -0.3 is 10.5 Å². The van der Waals surface area contributed by atoms with Crippen LogP contribution in [0, 0.1) is 12.8 Å². The first-order valence-corrected chi connectivity index (χ1v) is 6.77. The number of nitrogens with two attached hydrogens (primary N) is 1. The van der Waals surface area contributed by atoms with Crippen LogP contribution in [0.15, 0.2) is 24.3 Å². The topological polar surface area (TPSA) is 63.9 Å². The molecule has 1 aliphatic rings. The van der Waals surface area contributed by atoms with E-state index in [1.54, 1.807) is 0 Å². The van der Waals surface area contributed by atoms with Crippen molar-refractivity contribution in [2.45, 2.75) is 26.2 Å². The average molecular weight is 257 g/mol. The van der Waals surface area contributed by atoms with Crippen molar-refractivity contribution in [1.82, 2.24) is 10.2 Å². The van der Waals surface area contributed by atoms with E-state index in [-0.39, 0.29) is 0 Å². The van der Waals surface area contributed by atoms with Gasteiger partial charge in [-0.05, 0) is 37.8 Å². The molecule has 0 bridgehead atoms. The van der Waals surface area contributed by atoms with Gasteiger partial charge in [-0.3, -0.25) is 5.10 Å². The number of aryl methyl sites for hydroxylation is 1. The maximum atomic E-state index is 5.97. The van der Waals surface area contributed by atoms with E-state index in [9.17, 15) is 0 Å². The van der Waals surface area contributed by atoms with Crippen LogP contribution >= 0.6 is 0 Å². The monoisotopic (exact) mass is 257 g/mol. The van der Waals surface area contributed by atoms with Crippen molar-refractivity contribution in [3.8, 4) is 17.0 Å². The molecule has 1 aromatic carbocycles. The number of ether oxygens (including phenoxy) is 1. The number of aromatic nitrogens is 2. The Labute approximate surface area is 113 Å². The highest BCUT2D eigenvalue weighted by atomic mass is 16.5. The standard InChI is InChI=1S/C15H19N3O/c1-10-5-6-14(19-9-11-3-2-4-11)12(7-10)13-8-15(16)18-17-13/h5-8,11H,2-4,9H2,1H3,(H3,16,17,18). The molecule has 1 heterocycles. The predicted molar refractivity (Wildman–Crippen MR) is 76.0 cm³/mol. The lowest BCUT2D eigenvalue weighted by molar-refractivity contribution is 0.181. The van der Waals surface area contributed by atoms with E-state index in [0.717, 1.165) is 29.5 Å². The first kappa shape index (κ1) is 12.1. The number of nitrogen functional groups attached to an aromatic ring is 1. The predicted octanol–water partition coefficient (Wildman–Crippen LogP) is 3.15. The number of nitrogens with one attached hydrogen (secondary N) is 1. The van der Waals surface area contributed by atoms with Crippen molar-refractivity contribution in [3.63, 3.8) is 0 Å². The molecule has 1 saturated carbocycles. The van der Waals surface area contributed by atoms with Crippen molar-refractivity contribution in [2.24, 2.45) is 5.92 Å². The van der Waals surface area contributed by atoms with Crippen LogP contribution in [0.1, 0.15) is 24.8 Å². The molecule has 4 nitrogen and oxygen atoms in total. The lowest BCUT2D eigenvalue weighted by Gasteiger charge is -2.25. The molecule has 2 aromatic rings. The Bertz CT molecular complexity index is 573. The van der Waals surface area contributed by atoms with Gasteiger partial charge in [0.1, 0.15) is 11.6 Å². The number of hydrogen-bond acceptors (Lipinski definition) is 3. The summed E-state index contributed by atoms with van der Waals surface area (Å²) in [5.74, 6) is 2.13. The second-order valence-corrected chi connectivity index (χ2v) is 5.31. The molecule has 3 N–H and O–H groups in total. The second kappa shape index (κ2) is 4.96. The van der Waals surface area contributed by atoms with Crippen LogP contribution in [-0.4, -0.2) is 16.8 Å². The molecule has 3 rings (SSSR count). The Morgan fingerprint density at radius 2 is 2.21 bits per heavy atom. The molecule has 0 spiro atoms. The van der Waals surface area contributed by atoms with Crippen LogP contribution in [0.5, 0.6) is 5.75 Å². The minimum absolute atomic E-state index is 0.501.